The van der Waals surface area contributed by atoms with Gasteiger partial charge in [-0.15, -0.1) is 0 Å². The number of imidazole rings is 1. The van der Waals surface area contributed by atoms with Crippen molar-refractivity contribution < 1.29 is 28.9 Å². The Kier molecular flexibility index (Phi) is 10.2. The number of carbonyl (C=O) groups is 2. The Labute approximate surface area is 263 Å². The number of ether oxygens (including phenoxy) is 3. The van der Waals surface area contributed by atoms with E-state index in [1.54, 1.807) is 56.0 Å². The van der Waals surface area contributed by atoms with Crippen molar-refractivity contribution in [3.63, 3.8) is 0 Å². The van der Waals surface area contributed by atoms with Crippen LogP contribution in [0.15, 0.2) is 91.0 Å². The lowest BCUT2D eigenvalue weighted by atomic mass is 9.95. The summed E-state index contributed by atoms with van der Waals surface area (Å²) in [6.07, 6.45) is 7.74. The fraction of sp³-hybridized carbons (Fsp3) is 0.306. The number of unbranched alkanes of at least 4 members (excludes halogenated alkanes) is 1. The van der Waals surface area contributed by atoms with Crippen LogP contribution in [0.25, 0.3) is 5.76 Å². The van der Waals surface area contributed by atoms with E-state index in [2.05, 4.69) is 18.0 Å². The van der Waals surface area contributed by atoms with Crippen LogP contribution in [0.2, 0.25) is 0 Å². The molecule has 45 heavy (non-hydrogen) atoms. The Hall–Kier alpha value is -5.05. The van der Waals surface area contributed by atoms with Gasteiger partial charge >= 0.3 is 0 Å². The van der Waals surface area contributed by atoms with Crippen LogP contribution in [0.5, 0.6) is 17.2 Å². The van der Waals surface area contributed by atoms with Crippen molar-refractivity contribution in [3.8, 4) is 17.2 Å². The van der Waals surface area contributed by atoms with Gasteiger partial charge in [0.05, 0.1) is 31.7 Å². The number of carbonyl (C=O) groups excluding carboxylic acids is 2. The van der Waals surface area contributed by atoms with Crippen molar-refractivity contribution >= 4 is 17.4 Å². The first-order chi connectivity index (χ1) is 21.9. The molecule has 234 valence electrons. The zero-order chi connectivity index (χ0) is 31.8. The van der Waals surface area contributed by atoms with Gasteiger partial charge in [-0.25, -0.2) is 4.98 Å². The number of Topliss-reactive ketones (excluding diaryl/α,β-unsaturated/α-hetero) is 1. The van der Waals surface area contributed by atoms with Crippen LogP contribution < -0.4 is 14.2 Å². The Morgan fingerprint density at radius 1 is 0.956 bits per heavy atom. The van der Waals surface area contributed by atoms with Gasteiger partial charge in [0.15, 0.2) is 11.5 Å². The van der Waals surface area contributed by atoms with Crippen molar-refractivity contribution in [2.75, 3.05) is 20.3 Å². The second kappa shape index (κ2) is 14.6. The minimum absolute atomic E-state index is 0.0257. The lowest BCUT2D eigenvalue weighted by Crippen LogP contribution is -2.31. The summed E-state index contributed by atoms with van der Waals surface area (Å²) in [6.45, 7) is 5.98. The maximum Gasteiger partial charge on any atom is 0.295 e. The van der Waals surface area contributed by atoms with Gasteiger partial charge < -0.3 is 28.8 Å². The molecule has 1 unspecified atom stereocenters. The molecule has 1 aromatic heterocycles. The molecule has 1 N–H and O–H groups in total. The van der Waals surface area contributed by atoms with E-state index < -0.39 is 17.7 Å². The standard InChI is InChI=1S/C36H39N3O6/c1-4-5-20-44-30-15-12-28(22-31(30)43-3)33-32(35(41)36(42)39(33)18-7-17-38-19-16-37-24-38)34(40)27-10-13-29(14-11-27)45-23-26-9-6-8-25(2)21-26/h6,8-16,19,21-22,24,33,40H,4-5,7,17-18,20,23H2,1-3H3. The summed E-state index contributed by atoms with van der Waals surface area (Å²) in [5.74, 6) is 0.0429. The van der Waals surface area contributed by atoms with Crippen LogP contribution in [-0.2, 0) is 22.7 Å². The van der Waals surface area contributed by atoms with Gasteiger partial charge in [0.25, 0.3) is 11.7 Å². The molecule has 5 rings (SSSR count). The van der Waals surface area contributed by atoms with Crippen LogP contribution in [0.3, 0.4) is 0 Å². The molecule has 1 fully saturated rings. The molecule has 9 nitrogen and oxygen atoms in total. The maximum absolute atomic E-state index is 13.6. The summed E-state index contributed by atoms with van der Waals surface area (Å²) in [6, 6.07) is 19.5. The number of hydrogen-bond acceptors (Lipinski definition) is 7. The fourth-order valence-corrected chi connectivity index (χ4v) is 5.43. The van der Waals surface area contributed by atoms with Gasteiger partial charge in [0.2, 0.25) is 0 Å². The third-order valence-electron chi connectivity index (χ3n) is 7.79. The van der Waals surface area contributed by atoms with E-state index in [0.29, 0.717) is 61.1 Å². The van der Waals surface area contributed by atoms with Crippen LogP contribution in [0.1, 0.15) is 54.5 Å². The van der Waals surface area contributed by atoms with Gasteiger partial charge in [-0.2, -0.15) is 0 Å². The number of benzene rings is 3. The number of aliphatic hydroxyl groups excluding tert-OH is 1. The van der Waals surface area contributed by atoms with Crippen molar-refractivity contribution in [1.82, 2.24) is 14.5 Å². The molecule has 4 aromatic rings. The molecule has 1 aliphatic rings. The highest BCUT2D eigenvalue weighted by atomic mass is 16.5. The van der Waals surface area contributed by atoms with Crippen molar-refractivity contribution in [1.29, 1.82) is 0 Å². The highest BCUT2D eigenvalue weighted by molar-refractivity contribution is 6.46. The highest BCUT2D eigenvalue weighted by Crippen LogP contribution is 2.42. The third-order valence-corrected chi connectivity index (χ3v) is 7.79. The lowest BCUT2D eigenvalue weighted by molar-refractivity contribution is -0.139. The molecule has 0 saturated carbocycles. The van der Waals surface area contributed by atoms with Crippen LogP contribution in [-0.4, -0.2) is 51.5 Å². The molecule has 3 aromatic carbocycles. The molecule has 1 aliphatic heterocycles. The van der Waals surface area contributed by atoms with E-state index in [1.165, 1.54) is 4.90 Å². The summed E-state index contributed by atoms with van der Waals surface area (Å²) in [4.78, 5) is 32.6. The Morgan fingerprint density at radius 2 is 1.78 bits per heavy atom. The molecule has 1 amide bonds. The number of rotatable bonds is 14. The van der Waals surface area contributed by atoms with Crippen molar-refractivity contribution in [2.45, 2.75) is 52.3 Å². The molecule has 1 atom stereocenters. The summed E-state index contributed by atoms with van der Waals surface area (Å²) in [5.41, 5.74) is 3.27. The Bertz CT molecular complexity index is 1650. The van der Waals surface area contributed by atoms with Gasteiger partial charge in [-0.3, -0.25) is 9.59 Å². The van der Waals surface area contributed by atoms with Crippen molar-refractivity contribution in [2.24, 2.45) is 0 Å². The van der Waals surface area contributed by atoms with E-state index in [-0.39, 0.29) is 11.3 Å². The zero-order valence-corrected chi connectivity index (χ0v) is 25.9. The number of aliphatic hydroxyl groups is 1. The average molecular weight is 610 g/mol. The first kappa shape index (κ1) is 31.4. The van der Waals surface area contributed by atoms with Crippen LogP contribution >= 0.6 is 0 Å². The summed E-state index contributed by atoms with van der Waals surface area (Å²) >= 11 is 0. The van der Waals surface area contributed by atoms with E-state index in [9.17, 15) is 14.7 Å². The zero-order valence-electron chi connectivity index (χ0n) is 25.9. The summed E-state index contributed by atoms with van der Waals surface area (Å²) < 4.78 is 19.4. The first-order valence-corrected chi connectivity index (χ1v) is 15.2. The average Bonchev–Trinajstić information content (AvgIpc) is 3.66. The van der Waals surface area contributed by atoms with Crippen molar-refractivity contribution in [3.05, 3.63) is 113 Å². The number of amides is 1. The van der Waals surface area contributed by atoms with E-state index in [0.717, 1.165) is 24.0 Å². The highest BCUT2D eigenvalue weighted by Gasteiger charge is 2.46. The smallest absolute Gasteiger partial charge is 0.295 e. The largest absolute Gasteiger partial charge is 0.507 e. The monoisotopic (exact) mass is 609 g/mol. The molecular formula is C36H39N3O6. The molecule has 0 bridgehead atoms. The summed E-state index contributed by atoms with van der Waals surface area (Å²) in [5, 5.41) is 11.6. The van der Waals surface area contributed by atoms with E-state index in [1.807, 2.05) is 42.0 Å². The number of hydrogen-bond donors (Lipinski definition) is 1. The second-order valence-electron chi connectivity index (χ2n) is 11.1. The number of aromatic nitrogens is 2. The van der Waals surface area contributed by atoms with Crippen LogP contribution in [0, 0.1) is 6.92 Å². The molecule has 0 spiro atoms. The predicted molar refractivity (Wildman–Crippen MR) is 171 cm³/mol. The minimum atomic E-state index is -0.816. The quantitative estimate of drug-likeness (QED) is 0.0757. The van der Waals surface area contributed by atoms with E-state index >= 15 is 0 Å². The normalized spacial score (nSPS) is 15.8. The van der Waals surface area contributed by atoms with Gasteiger partial charge in [-0.1, -0.05) is 49.2 Å². The minimum Gasteiger partial charge on any atom is -0.507 e. The Morgan fingerprint density at radius 3 is 2.49 bits per heavy atom. The topological polar surface area (TPSA) is 103 Å². The van der Waals surface area contributed by atoms with E-state index in [4.69, 9.17) is 14.2 Å². The number of nitrogens with zero attached hydrogens (tertiary/aromatic N) is 3. The third kappa shape index (κ3) is 7.37. The SMILES string of the molecule is CCCCOc1ccc(C2C(=C(O)c3ccc(OCc4cccc(C)c4)cc3)C(=O)C(=O)N2CCCn2ccnc2)cc1OC. The van der Waals surface area contributed by atoms with Gasteiger partial charge in [0, 0.05) is 31.0 Å². The molecule has 9 heteroatoms. The number of methoxy groups -OCH3 is 1. The van der Waals surface area contributed by atoms with Crippen LogP contribution in [0.4, 0.5) is 0 Å². The van der Waals surface area contributed by atoms with Gasteiger partial charge in [-0.05, 0) is 67.3 Å². The molecule has 1 saturated heterocycles. The molecular weight excluding hydrogens is 570 g/mol. The molecule has 2 heterocycles. The van der Waals surface area contributed by atoms with Gasteiger partial charge in [0.1, 0.15) is 18.1 Å². The second-order valence-corrected chi connectivity index (χ2v) is 11.1. The molecule has 0 aliphatic carbocycles. The predicted octanol–water partition coefficient (Wildman–Crippen LogP) is 6.47. The number of aryl methyl sites for hydroxylation is 2. The fourth-order valence-electron chi connectivity index (χ4n) is 5.43. The Balaban J connectivity index is 1.45. The maximum atomic E-state index is 13.6. The lowest BCUT2D eigenvalue weighted by Gasteiger charge is -2.26. The molecule has 0 radical (unpaired) electrons. The first-order valence-electron chi connectivity index (χ1n) is 15.2. The number of ketones is 1. The number of likely N-dealkylation sites (tertiary alicyclic amines) is 1. The summed E-state index contributed by atoms with van der Waals surface area (Å²) in [7, 11) is 1.55.